The van der Waals surface area contributed by atoms with Crippen LogP contribution in [-0.2, 0) is 15.3 Å². The van der Waals surface area contributed by atoms with E-state index in [0.29, 0.717) is 13.0 Å². The van der Waals surface area contributed by atoms with Gasteiger partial charge in [0.2, 0.25) is 0 Å². The summed E-state index contributed by atoms with van der Waals surface area (Å²) in [5.74, 6) is -1.71. The van der Waals surface area contributed by atoms with E-state index in [2.05, 4.69) is 24.6 Å². The lowest BCUT2D eigenvalue weighted by Gasteiger charge is -2.44. The quantitative estimate of drug-likeness (QED) is 0.747. The highest BCUT2D eigenvalue weighted by Crippen LogP contribution is 2.47. The fourth-order valence-electron chi connectivity index (χ4n) is 4.03. The number of nitrogens with one attached hydrogen (secondary N) is 1. The summed E-state index contributed by atoms with van der Waals surface area (Å²) in [5.41, 5.74) is 4.75. The summed E-state index contributed by atoms with van der Waals surface area (Å²) in [6, 6.07) is 4.77. The van der Waals surface area contributed by atoms with E-state index in [-0.39, 0.29) is 23.0 Å². The first-order valence-electron chi connectivity index (χ1n) is 9.66. The molecule has 0 saturated carbocycles. The predicted octanol–water partition coefficient (Wildman–Crippen LogP) is 2.61. The van der Waals surface area contributed by atoms with Crippen LogP contribution >= 0.6 is 0 Å². The molecule has 0 fully saturated rings. The SMILES string of the molecule is CC1(C)C(N)=N[C@](C)(c2nc(NC(=O)c3ccc(F)cn3)ccc2F)[C@H]2CCN=[S@]21=O. The Hall–Kier alpha value is -2.95. The van der Waals surface area contributed by atoms with Crippen LogP contribution in [-0.4, -0.2) is 42.5 Å². The zero-order valence-corrected chi connectivity index (χ0v) is 18.0. The number of carbonyl (C=O) groups excluding carboxylic acids is 1. The fourth-order valence-corrected chi connectivity index (χ4v) is 7.18. The summed E-state index contributed by atoms with van der Waals surface area (Å²) in [4.78, 5) is 25.0. The molecule has 3 atom stereocenters. The number of rotatable bonds is 3. The molecule has 0 bridgehead atoms. The van der Waals surface area contributed by atoms with E-state index in [1.807, 2.05) is 0 Å². The second-order valence-corrected chi connectivity index (χ2v) is 11.2. The Morgan fingerprint density at radius 1 is 1.23 bits per heavy atom. The fraction of sp³-hybridized carbons (Fsp3) is 0.400. The lowest BCUT2D eigenvalue weighted by atomic mass is 9.89. The minimum absolute atomic E-state index is 0.0282. The Kier molecular flexibility index (Phi) is 4.84. The van der Waals surface area contributed by atoms with Crippen LogP contribution in [0.15, 0.2) is 39.8 Å². The lowest BCUT2D eigenvalue weighted by molar-refractivity contribution is 0.102. The van der Waals surface area contributed by atoms with Crippen molar-refractivity contribution in [1.82, 2.24) is 9.97 Å². The number of carbonyl (C=O) groups is 1. The molecule has 0 spiro atoms. The van der Waals surface area contributed by atoms with E-state index >= 15 is 0 Å². The first kappa shape index (κ1) is 21.3. The smallest absolute Gasteiger partial charge is 0.275 e. The second kappa shape index (κ2) is 7.04. The third-order valence-electron chi connectivity index (χ3n) is 5.91. The number of amidine groups is 1. The molecule has 4 rings (SSSR count). The van der Waals surface area contributed by atoms with Crippen molar-refractivity contribution in [2.45, 2.75) is 42.7 Å². The number of amides is 1. The van der Waals surface area contributed by atoms with Crippen molar-refractivity contribution in [1.29, 1.82) is 0 Å². The highest BCUT2D eigenvalue weighted by Gasteiger charge is 2.57. The summed E-state index contributed by atoms with van der Waals surface area (Å²) in [6.45, 7) is 5.45. The van der Waals surface area contributed by atoms with Crippen LogP contribution in [0.3, 0.4) is 0 Å². The molecule has 4 heterocycles. The minimum Gasteiger partial charge on any atom is -0.386 e. The number of fused-ring (bicyclic) bond motifs is 1. The Bertz CT molecular complexity index is 1220. The maximum atomic E-state index is 14.9. The molecule has 2 aliphatic rings. The van der Waals surface area contributed by atoms with E-state index in [1.54, 1.807) is 20.8 Å². The van der Waals surface area contributed by atoms with Crippen molar-refractivity contribution in [3.8, 4) is 0 Å². The van der Waals surface area contributed by atoms with Gasteiger partial charge in [0.15, 0.2) is 0 Å². The van der Waals surface area contributed by atoms with E-state index in [0.717, 1.165) is 18.3 Å². The van der Waals surface area contributed by atoms with Crippen molar-refractivity contribution < 1.29 is 17.8 Å². The molecule has 0 radical (unpaired) electrons. The van der Waals surface area contributed by atoms with Gasteiger partial charge < -0.3 is 11.1 Å². The molecule has 8 nitrogen and oxygen atoms in total. The Labute approximate surface area is 178 Å². The maximum Gasteiger partial charge on any atom is 0.275 e. The molecule has 3 N–H and O–H groups in total. The van der Waals surface area contributed by atoms with Crippen LogP contribution in [0.25, 0.3) is 0 Å². The number of aliphatic imine (C=N–C) groups is 1. The van der Waals surface area contributed by atoms with Crippen molar-refractivity contribution in [3.05, 3.63) is 53.5 Å². The summed E-state index contributed by atoms with van der Waals surface area (Å²) in [6.07, 6.45) is 1.37. The molecule has 0 unspecified atom stereocenters. The van der Waals surface area contributed by atoms with E-state index in [1.165, 1.54) is 12.1 Å². The molecule has 11 heteroatoms. The highest BCUT2D eigenvalue weighted by atomic mass is 32.2. The monoisotopic (exact) mass is 448 g/mol. The van der Waals surface area contributed by atoms with Gasteiger partial charge in [-0.05, 0) is 51.5 Å². The molecule has 31 heavy (non-hydrogen) atoms. The van der Waals surface area contributed by atoms with Gasteiger partial charge in [0.05, 0.1) is 21.2 Å². The van der Waals surface area contributed by atoms with Gasteiger partial charge in [0.25, 0.3) is 5.91 Å². The molecule has 0 aromatic carbocycles. The molecule has 2 aliphatic heterocycles. The molecule has 0 saturated heterocycles. The van der Waals surface area contributed by atoms with Gasteiger partial charge in [-0.1, -0.05) is 0 Å². The number of hydrogen-bond acceptors (Lipinski definition) is 7. The number of anilines is 1. The van der Waals surface area contributed by atoms with E-state index in [9.17, 15) is 17.8 Å². The number of nitrogens with zero attached hydrogens (tertiary/aromatic N) is 4. The average Bonchev–Trinajstić information content (AvgIpc) is 3.13. The van der Waals surface area contributed by atoms with Crippen LogP contribution in [0.5, 0.6) is 0 Å². The van der Waals surface area contributed by atoms with Crippen molar-refractivity contribution in [2.75, 3.05) is 11.9 Å². The first-order chi connectivity index (χ1) is 14.5. The van der Waals surface area contributed by atoms with Crippen LogP contribution in [0.2, 0.25) is 0 Å². The van der Waals surface area contributed by atoms with Crippen LogP contribution < -0.4 is 11.1 Å². The summed E-state index contributed by atoms with van der Waals surface area (Å²) >= 11 is 0. The molecule has 1 amide bonds. The number of aromatic nitrogens is 2. The number of halogens is 2. The van der Waals surface area contributed by atoms with E-state index < -0.39 is 42.8 Å². The maximum absolute atomic E-state index is 14.9. The standard InChI is InChI=1S/C20H22F2N6O2S/c1-19(2)18(23)28-20(3,14-8-9-25-31(14,19)30)16-12(22)5-7-15(26-16)27-17(29)13-6-4-11(21)10-24-13/h4-7,10,14H,8-9H2,1-3H3,(H2,23,28)(H,26,27,29)/t14-,20+,31+/m1/s1. The van der Waals surface area contributed by atoms with Crippen LogP contribution in [0, 0.1) is 11.6 Å². The van der Waals surface area contributed by atoms with Gasteiger partial charge in [-0.25, -0.2) is 27.3 Å². The van der Waals surface area contributed by atoms with Crippen molar-refractivity contribution in [2.24, 2.45) is 15.1 Å². The van der Waals surface area contributed by atoms with Gasteiger partial charge in [-0.2, -0.15) is 0 Å². The topological polar surface area (TPSA) is 123 Å². The van der Waals surface area contributed by atoms with Gasteiger partial charge in [-0.3, -0.25) is 9.79 Å². The van der Waals surface area contributed by atoms with Crippen LogP contribution in [0.1, 0.15) is 43.4 Å². The average molecular weight is 448 g/mol. The zero-order valence-electron chi connectivity index (χ0n) is 17.2. The summed E-state index contributed by atoms with van der Waals surface area (Å²) in [5, 5.41) is 1.93. The molecule has 2 aromatic rings. The van der Waals surface area contributed by atoms with Crippen molar-refractivity contribution >= 4 is 27.3 Å². The minimum atomic E-state index is -2.85. The normalized spacial score (nSPS) is 28.9. The van der Waals surface area contributed by atoms with Gasteiger partial charge in [0, 0.05) is 6.54 Å². The molecule has 2 aromatic heterocycles. The number of hydrogen-bond donors (Lipinski definition) is 2. The third kappa shape index (κ3) is 3.18. The van der Waals surface area contributed by atoms with Gasteiger partial charge in [-0.15, -0.1) is 0 Å². The lowest BCUT2D eigenvalue weighted by Crippen LogP contribution is -2.58. The molecular weight excluding hydrogens is 426 g/mol. The second-order valence-electron chi connectivity index (χ2n) is 8.20. The zero-order chi connectivity index (χ0) is 22.6. The summed E-state index contributed by atoms with van der Waals surface area (Å²) < 4.78 is 45.2. The predicted molar refractivity (Wildman–Crippen MR) is 113 cm³/mol. The van der Waals surface area contributed by atoms with Crippen LogP contribution in [0.4, 0.5) is 14.6 Å². The Morgan fingerprint density at radius 3 is 2.65 bits per heavy atom. The van der Waals surface area contributed by atoms with Gasteiger partial charge >= 0.3 is 0 Å². The third-order valence-corrected chi connectivity index (χ3v) is 9.62. The first-order valence-corrected chi connectivity index (χ1v) is 11.2. The number of pyridine rings is 2. The Morgan fingerprint density at radius 2 is 1.97 bits per heavy atom. The number of nitrogens with two attached hydrogens (primary N) is 1. The van der Waals surface area contributed by atoms with Gasteiger partial charge in [0.1, 0.15) is 45.0 Å². The molecule has 0 aliphatic carbocycles. The highest BCUT2D eigenvalue weighted by molar-refractivity contribution is 7.96. The van der Waals surface area contributed by atoms with E-state index in [4.69, 9.17) is 5.73 Å². The Balaban J connectivity index is 1.76. The molecule has 164 valence electrons. The molecular formula is C20H22F2N6O2S. The van der Waals surface area contributed by atoms with Crippen molar-refractivity contribution in [3.63, 3.8) is 0 Å². The largest absolute Gasteiger partial charge is 0.386 e. The summed E-state index contributed by atoms with van der Waals surface area (Å²) in [7, 11) is -2.85.